The van der Waals surface area contributed by atoms with Crippen LogP contribution in [0.2, 0.25) is 5.02 Å². The number of hydrogen-bond donors (Lipinski definition) is 1. The number of unbranched alkanes of at least 4 members (excludes halogenated alkanes) is 2. The van der Waals surface area contributed by atoms with Crippen molar-refractivity contribution in [1.82, 2.24) is 10.2 Å². The van der Waals surface area contributed by atoms with Crippen LogP contribution < -0.4 is 10.1 Å². The third kappa shape index (κ3) is 7.29. The summed E-state index contributed by atoms with van der Waals surface area (Å²) in [5.41, 5.74) is 0. The van der Waals surface area contributed by atoms with Crippen LogP contribution in [-0.2, 0) is 0 Å². The number of nitrogens with one attached hydrogen (secondary N) is 1. The van der Waals surface area contributed by atoms with Gasteiger partial charge in [0, 0.05) is 18.1 Å². The van der Waals surface area contributed by atoms with Crippen LogP contribution in [0.4, 0.5) is 4.79 Å². The third-order valence-electron chi connectivity index (χ3n) is 6.27. The molecule has 3 rings (SSSR count). The van der Waals surface area contributed by atoms with Crippen LogP contribution in [0.1, 0.15) is 64.2 Å². The van der Waals surface area contributed by atoms with Gasteiger partial charge in [0.05, 0.1) is 0 Å². The zero-order valence-corrected chi connectivity index (χ0v) is 17.9. The molecule has 0 aliphatic heterocycles. The van der Waals surface area contributed by atoms with Crippen LogP contribution >= 0.6 is 11.6 Å². The van der Waals surface area contributed by atoms with Crippen LogP contribution in [0, 0.1) is 11.8 Å². The number of carbonyl (C=O) groups is 1. The van der Waals surface area contributed by atoms with Gasteiger partial charge in [-0.3, -0.25) is 0 Å². The molecule has 0 atom stereocenters. The van der Waals surface area contributed by atoms with Crippen LogP contribution in [0.25, 0.3) is 0 Å². The molecule has 0 heterocycles. The molecular formula is C23H35ClN2O2. The van der Waals surface area contributed by atoms with E-state index in [1.807, 2.05) is 7.05 Å². The standard InChI is InChI=1S/C23H35ClN2O2/c1-26(23(27)28-22-14-10-20(24)11-15-22)21-12-8-18(9-13-21)5-3-2-4-16-25-17-19-6-7-19/h10-11,14-15,18-19,21,25H,2-9,12-13,16-17H2,1H3/t18-,21-. The van der Waals surface area contributed by atoms with E-state index < -0.39 is 0 Å². The summed E-state index contributed by atoms with van der Waals surface area (Å²) in [4.78, 5) is 14.2. The first-order valence-corrected chi connectivity index (χ1v) is 11.4. The van der Waals surface area contributed by atoms with Crippen molar-refractivity contribution in [3.05, 3.63) is 29.3 Å². The molecule has 4 nitrogen and oxygen atoms in total. The van der Waals surface area contributed by atoms with E-state index in [0.29, 0.717) is 16.8 Å². The van der Waals surface area contributed by atoms with Crippen molar-refractivity contribution >= 4 is 17.7 Å². The van der Waals surface area contributed by atoms with E-state index in [1.165, 1.54) is 64.5 Å². The Balaban J connectivity index is 1.26. The van der Waals surface area contributed by atoms with Crippen molar-refractivity contribution in [2.24, 2.45) is 11.8 Å². The second kappa shape index (κ2) is 11.1. The number of ether oxygens (including phenoxy) is 1. The molecule has 0 bridgehead atoms. The van der Waals surface area contributed by atoms with Gasteiger partial charge in [0.2, 0.25) is 0 Å². The summed E-state index contributed by atoms with van der Waals surface area (Å²) in [7, 11) is 1.86. The quantitative estimate of drug-likeness (QED) is 0.492. The highest BCUT2D eigenvalue weighted by Gasteiger charge is 2.27. The Morgan fingerprint density at radius 3 is 2.39 bits per heavy atom. The van der Waals surface area contributed by atoms with Crippen molar-refractivity contribution in [2.75, 3.05) is 20.1 Å². The highest BCUT2D eigenvalue weighted by atomic mass is 35.5. The second-order valence-electron chi connectivity index (χ2n) is 8.60. The van der Waals surface area contributed by atoms with E-state index in [9.17, 15) is 4.79 Å². The minimum absolute atomic E-state index is 0.274. The summed E-state index contributed by atoms with van der Waals surface area (Å²) in [6.07, 6.45) is 12.5. The van der Waals surface area contributed by atoms with Gasteiger partial charge < -0.3 is 15.0 Å². The number of halogens is 1. The van der Waals surface area contributed by atoms with Gasteiger partial charge in [-0.2, -0.15) is 0 Å². The Labute approximate surface area is 175 Å². The molecule has 0 spiro atoms. The molecule has 1 aromatic carbocycles. The summed E-state index contributed by atoms with van der Waals surface area (Å²) in [6.45, 7) is 2.42. The van der Waals surface area contributed by atoms with Gasteiger partial charge >= 0.3 is 6.09 Å². The predicted molar refractivity (Wildman–Crippen MR) is 115 cm³/mol. The van der Waals surface area contributed by atoms with E-state index >= 15 is 0 Å². The van der Waals surface area contributed by atoms with Crippen molar-refractivity contribution in [3.63, 3.8) is 0 Å². The van der Waals surface area contributed by atoms with Crippen molar-refractivity contribution < 1.29 is 9.53 Å². The average Bonchev–Trinajstić information content (AvgIpc) is 3.53. The number of rotatable bonds is 10. The lowest BCUT2D eigenvalue weighted by molar-refractivity contribution is 0.123. The van der Waals surface area contributed by atoms with Crippen LogP contribution in [0.5, 0.6) is 5.75 Å². The Morgan fingerprint density at radius 1 is 1.04 bits per heavy atom. The average molecular weight is 407 g/mol. The zero-order chi connectivity index (χ0) is 19.8. The molecule has 2 aliphatic carbocycles. The Hall–Kier alpha value is -1.26. The summed E-state index contributed by atoms with van der Waals surface area (Å²) in [5, 5.41) is 4.22. The Bertz CT molecular complexity index is 595. The van der Waals surface area contributed by atoms with Crippen LogP contribution in [0.15, 0.2) is 24.3 Å². The van der Waals surface area contributed by atoms with E-state index in [1.54, 1.807) is 29.2 Å². The lowest BCUT2D eigenvalue weighted by Crippen LogP contribution is -2.41. The van der Waals surface area contributed by atoms with Gasteiger partial charge in [0.15, 0.2) is 0 Å². The van der Waals surface area contributed by atoms with Crippen molar-refractivity contribution in [3.8, 4) is 5.75 Å². The number of hydrogen-bond acceptors (Lipinski definition) is 3. The lowest BCUT2D eigenvalue weighted by Gasteiger charge is -2.34. The molecule has 5 heteroatoms. The fourth-order valence-electron chi connectivity index (χ4n) is 4.13. The largest absolute Gasteiger partial charge is 0.415 e. The summed E-state index contributed by atoms with van der Waals surface area (Å²) in [5.74, 6) is 2.36. The Kier molecular flexibility index (Phi) is 8.47. The van der Waals surface area contributed by atoms with Gasteiger partial charge in [0.25, 0.3) is 0 Å². The van der Waals surface area contributed by atoms with Gasteiger partial charge in [-0.05, 0) is 94.1 Å². The third-order valence-corrected chi connectivity index (χ3v) is 6.52. The van der Waals surface area contributed by atoms with Gasteiger partial charge in [-0.15, -0.1) is 0 Å². The molecule has 0 radical (unpaired) electrons. The first-order valence-electron chi connectivity index (χ1n) is 11.0. The maximum absolute atomic E-state index is 12.4. The minimum atomic E-state index is -0.274. The second-order valence-corrected chi connectivity index (χ2v) is 9.04. The number of benzene rings is 1. The van der Waals surface area contributed by atoms with Crippen LogP contribution in [-0.4, -0.2) is 37.2 Å². The molecule has 2 saturated carbocycles. The maximum Gasteiger partial charge on any atom is 0.415 e. The topological polar surface area (TPSA) is 41.6 Å². The fraction of sp³-hybridized carbons (Fsp3) is 0.696. The molecule has 1 N–H and O–H groups in total. The molecule has 156 valence electrons. The first-order chi connectivity index (χ1) is 13.6. The molecular weight excluding hydrogens is 372 g/mol. The van der Waals surface area contributed by atoms with E-state index in [4.69, 9.17) is 16.3 Å². The predicted octanol–water partition coefficient (Wildman–Crippen LogP) is 5.89. The number of carbonyl (C=O) groups excluding carboxylic acids is 1. The van der Waals surface area contributed by atoms with Crippen molar-refractivity contribution in [1.29, 1.82) is 0 Å². The van der Waals surface area contributed by atoms with Gasteiger partial charge in [-0.25, -0.2) is 4.79 Å². The summed E-state index contributed by atoms with van der Waals surface area (Å²) >= 11 is 5.87. The zero-order valence-electron chi connectivity index (χ0n) is 17.2. The molecule has 0 saturated heterocycles. The smallest absolute Gasteiger partial charge is 0.410 e. The summed E-state index contributed by atoms with van der Waals surface area (Å²) in [6, 6.07) is 7.22. The van der Waals surface area contributed by atoms with E-state index in [-0.39, 0.29) is 6.09 Å². The first kappa shape index (κ1) is 21.4. The lowest BCUT2D eigenvalue weighted by atomic mass is 9.82. The van der Waals surface area contributed by atoms with Crippen LogP contribution in [0.3, 0.4) is 0 Å². The van der Waals surface area contributed by atoms with E-state index in [2.05, 4.69) is 5.32 Å². The normalized spacial score (nSPS) is 22.1. The number of nitrogens with zero attached hydrogens (tertiary/aromatic N) is 1. The molecule has 1 amide bonds. The molecule has 0 aromatic heterocycles. The molecule has 0 unspecified atom stereocenters. The summed E-state index contributed by atoms with van der Waals surface area (Å²) < 4.78 is 5.46. The fourth-order valence-corrected chi connectivity index (χ4v) is 4.26. The monoisotopic (exact) mass is 406 g/mol. The minimum Gasteiger partial charge on any atom is -0.410 e. The highest BCUT2D eigenvalue weighted by molar-refractivity contribution is 6.30. The molecule has 1 aromatic rings. The van der Waals surface area contributed by atoms with Gasteiger partial charge in [0.1, 0.15) is 5.75 Å². The van der Waals surface area contributed by atoms with E-state index in [0.717, 1.165) is 24.7 Å². The maximum atomic E-state index is 12.4. The van der Waals surface area contributed by atoms with Crippen molar-refractivity contribution in [2.45, 2.75) is 70.3 Å². The molecule has 2 aliphatic rings. The molecule has 2 fully saturated rings. The molecule has 28 heavy (non-hydrogen) atoms. The SMILES string of the molecule is CN(C(=O)Oc1ccc(Cl)cc1)[C@H]1CC[C@H](CCCCCNCC2CC2)CC1. The Morgan fingerprint density at radius 2 is 1.71 bits per heavy atom. The highest BCUT2D eigenvalue weighted by Crippen LogP contribution is 2.31. The number of amides is 1. The van der Waals surface area contributed by atoms with Gasteiger partial charge in [-0.1, -0.05) is 30.9 Å².